The third-order valence-electron chi connectivity index (χ3n) is 4.64. The molecule has 4 amide bonds. The predicted octanol–water partition coefficient (Wildman–Crippen LogP) is 1.21. The van der Waals surface area contributed by atoms with Crippen molar-refractivity contribution >= 4 is 17.8 Å². The maximum absolute atomic E-state index is 13.6. The van der Waals surface area contributed by atoms with Crippen molar-refractivity contribution in [1.82, 2.24) is 20.9 Å². The van der Waals surface area contributed by atoms with Crippen LogP contribution in [0.1, 0.15) is 18.4 Å². The summed E-state index contributed by atoms with van der Waals surface area (Å²) in [7, 11) is 0. The first-order valence-electron chi connectivity index (χ1n) is 9.41. The molecule has 0 spiro atoms. The fraction of sp³-hybridized carbons (Fsp3) is 0.450. The van der Waals surface area contributed by atoms with E-state index < -0.39 is 6.03 Å². The number of halogens is 1. The van der Waals surface area contributed by atoms with Crippen LogP contribution in [-0.2, 0) is 16.0 Å². The highest BCUT2D eigenvalue weighted by molar-refractivity contribution is 5.95. The highest BCUT2D eigenvalue weighted by Gasteiger charge is 2.26. The van der Waals surface area contributed by atoms with E-state index in [4.69, 9.17) is 0 Å². The van der Waals surface area contributed by atoms with Gasteiger partial charge in [-0.15, -0.1) is 6.58 Å². The number of nitrogens with zero attached hydrogens (tertiary/aromatic N) is 1. The molecule has 152 valence electrons. The lowest BCUT2D eigenvalue weighted by atomic mass is 9.96. The first-order chi connectivity index (χ1) is 13.5. The lowest BCUT2D eigenvalue weighted by Gasteiger charge is -2.30. The van der Waals surface area contributed by atoms with Crippen LogP contribution in [0.25, 0.3) is 0 Å². The maximum Gasteiger partial charge on any atom is 0.321 e. The number of likely N-dealkylation sites (tertiary alicyclic amines) is 1. The number of carbonyl (C=O) groups is 3. The van der Waals surface area contributed by atoms with E-state index >= 15 is 0 Å². The molecule has 0 aromatic heterocycles. The van der Waals surface area contributed by atoms with Crippen LogP contribution in [0.15, 0.2) is 36.9 Å². The Kier molecular flexibility index (Phi) is 8.61. The molecule has 0 atom stereocenters. The molecule has 0 aliphatic carbocycles. The molecule has 28 heavy (non-hydrogen) atoms. The topological polar surface area (TPSA) is 90.5 Å². The van der Waals surface area contributed by atoms with Crippen molar-refractivity contribution in [3.05, 3.63) is 48.3 Å². The summed E-state index contributed by atoms with van der Waals surface area (Å²) in [5, 5.41) is 7.59. The fourth-order valence-corrected chi connectivity index (χ4v) is 3.10. The predicted molar refractivity (Wildman–Crippen MR) is 104 cm³/mol. The molecule has 0 bridgehead atoms. The summed E-state index contributed by atoms with van der Waals surface area (Å²) < 4.78 is 13.6. The van der Waals surface area contributed by atoms with E-state index in [1.165, 1.54) is 12.1 Å². The van der Waals surface area contributed by atoms with Gasteiger partial charge in [0.2, 0.25) is 11.8 Å². The fourth-order valence-electron chi connectivity index (χ4n) is 3.10. The Labute approximate surface area is 164 Å². The van der Waals surface area contributed by atoms with Crippen LogP contribution in [0.2, 0.25) is 0 Å². The van der Waals surface area contributed by atoms with Gasteiger partial charge >= 0.3 is 6.03 Å². The molecule has 0 saturated carbocycles. The molecule has 1 aliphatic heterocycles. The van der Waals surface area contributed by atoms with E-state index in [9.17, 15) is 18.8 Å². The zero-order valence-corrected chi connectivity index (χ0v) is 15.9. The number of nitrogens with one attached hydrogen (secondary N) is 3. The highest BCUT2D eigenvalue weighted by Crippen LogP contribution is 2.17. The highest BCUT2D eigenvalue weighted by atomic mass is 19.1. The van der Waals surface area contributed by atoms with E-state index in [2.05, 4.69) is 22.5 Å². The average Bonchev–Trinajstić information content (AvgIpc) is 2.68. The Morgan fingerprint density at radius 2 is 1.89 bits per heavy atom. The van der Waals surface area contributed by atoms with E-state index in [1.807, 2.05) is 4.90 Å². The van der Waals surface area contributed by atoms with Gasteiger partial charge in [-0.25, -0.2) is 9.18 Å². The van der Waals surface area contributed by atoms with Gasteiger partial charge in [-0.2, -0.15) is 0 Å². The summed E-state index contributed by atoms with van der Waals surface area (Å²) in [5.41, 5.74) is 0.584. The molecular formula is C20H27FN4O3. The number of piperidine rings is 1. The molecule has 1 aliphatic rings. The number of hydrogen-bond acceptors (Lipinski definition) is 4. The zero-order valence-electron chi connectivity index (χ0n) is 15.9. The van der Waals surface area contributed by atoms with Gasteiger partial charge in [-0.05, 0) is 44.0 Å². The maximum atomic E-state index is 13.6. The summed E-state index contributed by atoms with van der Waals surface area (Å²) in [6.45, 7) is 5.48. The van der Waals surface area contributed by atoms with Crippen molar-refractivity contribution in [2.24, 2.45) is 5.92 Å². The molecule has 7 nitrogen and oxygen atoms in total. The first kappa shape index (κ1) is 21.6. The molecule has 1 fully saturated rings. The standard InChI is InChI=1S/C20H27FN4O3/c1-2-10-23-20(28)24-18(26)14-25-12-8-16(9-13-25)19(27)22-11-7-15-5-3-4-6-17(15)21/h2-6,16H,1,7-14H2,(H,22,27)(H2,23,24,26,28). The normalized spacial score (nSPS) is 14.9. The largest absolute Gasteiger partial charge is 0.356 e. The Bertz CT molecular complexity index is 702. The van der Waals surface area contributed by atoms with Crippen LogP contribution < -0.4 is 16.0 Å². The monoisotopic (exact) mass is 390 g/mol. The van der Waals surface area contributed by atoms with Crippen LogP contribution in [0.4, 0.5) is 9.18 Å². The van der Waals surface area contributed by atoms with Gasteiger partial charge in [0.15, 0.2) is 0 Å². The van der Waals surface area contributed by atoms with Crippen LogP contribution in [0.3, 0.4) is 0 Å². The van der Waals surface area contributed by atoms with Crippen LogP contribution in [-0.4, -0.2) is 55.5 Å². The van der Waals surface area contributed by atoms with E-state index in [1.54, 1.807) is 18.2 Å². The van der Waals surface area contributed by atoms with Crippen molar-refractivity contribution in [2.45, 2.75) is 19.3 Å². The third-order valence-corrected chi connectivity index (χ3v) is 4.64. The van der Waals surface area contributed by atoms with Crippen molar-refractivity contribution < 1.29 is 18.8 Å². The van der Waals surface area contributed by atoms with Crippen molar-refractivity contribution in [1.29, 1.82) is 0 Å². The van der Waals surface area contributed by atoms with Gasteiger partial charge < -0.3 is 10.6 Å². The summed E-state index contributed by atoms with van der Waals surface area (Å²) in [4.78, 5) is 37.5. The Balaban J connectivity index is 1.65. The molecule has 3 N–H and O–H groups in total. The van der Waals surface area contributed by atoms with E-state index in [-0.39, 0.29) is 36.6 Å². The Morgan fingerprint density at radius 1 is 1.18 bits per heavy atom. The summed E-state index contributed by atoms with van der Waals surface area (Å²) in [6.07, 6.45) is 3.25. The molecule has 1 aromatic carbocycles. The Hall–Kier alpha value is -2.74. The number of carbonyl (C=O) groups excluding carboxylic acids is 3. The van der Waals surface area contributed by atoms with Gasteiger partial charge in [0.25, 0.3) is 0 Å². The van der Waals surface area contributed by atoms with Gasteiger partial charge in [0.1, 0.15) is 5.82 Å². The number of rotatable bonds is 8. The molecule has 0 radical (unpaired) electrons. The quantitative estimate of drug-likeness (QED) is 0.582. The van der Waals surface area contributed by atoms with E-state index in [0.717, 1.165) is 0 Å². The molecule has 8 heteroatoms. The second-order valence-corrected chi connectivity index (χ2v) is 6.73. The zero-order chi connectivity index (χ0) is 20.4. The Morgan fingerprint density at radius 3 is 2.57 bits per heavy atom. The summed E-state index contributed by atoms with van der Waals surface area (Å²) in [6, 6.07) is 5.98. The summed E-state index contributed by atoms with van der Waals surface area (Å²) in [5.74, 6) is -0.795. The number of urea groups is 1. The minimum atomic E-state index is -0.547. The second-order valence-electron chi connectivity index (χ2n) is 6.73. The molecule has 1 heterocycles. The minimum absolute atomic E-state index is 0.0377. The molecule has 0 unspecified atom stereocenters. The summed E-state index contributed by atoms with van der Waals surface area (Å²) >= 11 is 0. The van der Waals surface area contributed by atoms with Crippen molar-refractivity contribution in [3.8, 4) is 0 Å². The third kappa shape index (κ3) is 7.11. The number of benzene rings is 1. The minimum Gasteiger partial charge on any atom is -0.356 e. The molecule has 2 rings (SSSR count). The van der Waals surface area contributed by atoms with Crippen LogP contribution in [0, 0.1) is 11.7 Å². The number of hydrogen-bond donors (Lipinski definition) is 3. The van der Waals surface area contributed by atoms with Gasteiger partial charge in [-0.3, -0.25) is 19.8 Å². The van der Waals surface area contributed by atoms with Gasteiger partial charge in [0, 0.05) is 19.0 Å². The molecular weight excluding hydrogens is 363 g/mol. The van der Waals surface area contributed by atoms with Gasteiger partial charge in [0.05, 0.1) is 6.54 Å². The SMILES string of the molecule is C=CCNC(=O)NC(=O)CN1CCC(C(=O)NCCc2ccccc2F)CC1. The molecule has 1 aromatic rings. The average molecular weight is 390 g/mol. The number of amides is 4. The first-order valence-corrected chi connectivity index (χ1v) is 9.41. The van der Waals surface area contributed by atoms with Crippen molar-refractivity contribution in [2.75, 3.05) is 32.7 Å². The lowest BCUT2D eigenvalue weighted by molar-refractivity contribution is -0.126. The van der Waals surface area contributed by atoms with Crippen LogP contribution in [0.5, 0.6) is 0 Å². The van der Waals surface area contributed by atoms with Crippen LogP contribution >= 0.6 is 0 Å². The number of imide groups is 1. The second kappa shape index (κ2) is 11.2. The van der Waals surface area contributed by atoms with E-state index in [0.29, 0.717) is 44.5 Å². The smallest absolute Gasteiger partial charge is 0.321 e. The lowest BCUT2D eigenvalue weighted by Crippen LogP contribution is -2.47. The van der Waals surface area contributed by atoms with Gasteiger partial charge in [-0.1, -0.05) is 24.3 Å². The molecule has 1 saturated heterocycles. The van der Waals surface area contributed by atoms with Crippen molar-refractivity contribution in [3.63, 3.8) is 0 Å².